The van der Waals surface area contributed by atoms with Crippen LogP contribution in [0.3, 0.4) is 0 Å². The quantitative estimate of drug-likeness (QED) is 0.671. The van der Waals surface area contributed by atoms with Gasteiger partial charge in [-0.3, -0.25) is 0 Å². The van der Waals surface area contributed by atoms with Crippen molar-refractivity contribution in [3.8, 4) is 29.7 Å². The van der Waals surface area contributed by atoms with E-state index in [0.717, 1.165) is 47.3 Å². The third-order valence-electron chi connectivity index (χ3n) is 6.88. The normalized spacial score (nSPS) is 20.7. The zero-order valence-electron chi connectivity index (χ0n) is 19.3. The number of ether oxygens (including phenoxy) is 2. The average molecular weight is 451 g/mol. The summed E-state index contributed by atoms with van der Waals surface area (Å²) in [6, 6.07) is 20.0. The summed E-state index contributed by atoms with van der Waals surface area (Å²) in [5.41, 5.74) is 8.69. The molecule has 2 N–H and O–H groups in total. The van der Waals surface area contributed by atoms with Crippen LogP contribution in [0.1, 0.15) is 41.9 Å². The Hall–Kier alpha value is -4.21. The van der Waals surface area contributed by atoms with Gasteiger partial charge in [0, 0.05) is 11.5 Å². The predicted octanol–water partition coefficient (Wildman–Crippen LogP) is 5.18. The van der Waals surface area contributed by atoms with Crippen molar-refractivity contribution in [1.82, 2.24) is 0 Å². The lowest BCUT2D eigenvalue weighted by molar-refractivity contribution is 0.294. The number of nitriles is 3. The third kappa shape index (κ3) is 3.76. The number of nitrogens with two attached hydrogens (primary N) is 1. The standard InChI is InChI=1S/C28H26N4O2/c1-18-7-10-21(11-8-18)34-15-20-13-19(9-12-25(20)33-2)26-23-6-4-3-5-22(23)24(14-29)27(32)28(26,16-30)17-31/h5,7-13,23,26H,3-4,6,15,32H2,1-2H3. The highest BCUT2D eigenvalue weighted by Gasteiger charge is 2.53. The van der Waals surface area contributed by atoms with E-state index in [1.54, 1.807) is 7.11 Å². The van der Waals surface area contributed by atoms with Crippen molar-refractivity contribution >= 4 is 0 Å². The van der Waals surface area contributed by atoms with Crippen LogP contribution < -0.4 is 15.2 Å². The lowest BCUT2D eigenvalue weighted by atomic mass is 9.56. The van der Waals surface area contributed by atoms with E-state index in [1.165, 1.54) is 0 Å². The molecule has 2 unspecified atom stereocenters. The number of methoxy groups -OCH3 is 1. The van der Waals surface area contributed by atoms with E-state index in [2.05, 4.69) is 18.2 Å². The number of benzene rings is 2. The van der Waals surface area contributed by atoms with E-state index < -0.39 is 11.3 Å². The second-order valence-corrected chi connectivity index (χ2v) is 8.78. The zero-order chi connectivity index (χ0) is 24.3. The Morgan fingerprint density at radius 1 is 1.09 bits per heavy atom. The first-order valence-corrected chi connectivity index (χ1v) is 11.3. The number of hydrogen-bond donors (Lipinski definition) is 1. The van der Waals surface area contributed by atoms with Gasteiger partial charge < -0.3 is 15.2 Å². The molecule has 170 valence electrons. The molecule has 0 bridgehead atoms. The second kappa shape index (κ2) is 9.34. The third-order valence-corrected chi connectivity index (χ3v) is 6.88. The van der Waals surface area contributed by atoms with Gasteiger partial charge in [0.05, 0.1) is 30.5 Å². The van der Waals surface area contributed by atoms with E-state index >= 15 is 0 Å². The number of fused-ring (bicyclic) bond motifs is 1. The molecule has 0 aromatic heterocycles. The molecule has 2 aliphatic rings. The van der Waals surface area contributed by atoms with Crippen LogP contribution in [0.5, 0.6) is 11.5 Å². The molecule has 2 aromatic rings. The molecule has 0 saturated carbocycles. The van der Waals surface area contributed by atoms with Gasteiger partial charge in [0.25, 0.3) is 0 Å². The molecular weight excluding hydrogens is 424 g/mol. The minimum Gasteiger partial charge on any atom is -0.496 e. The van der Waals surface area contributed by atoms with Crippen molar-refractivity contribution in [3.63, 3.8) is 0 Å². The molecule has 0 radical (unpaired) electrons. The molecule has 0 saturated heterocycles. The maximum absolute atomic E-state index is 10.2. The number of aryl methyl sites for hydroxylation is 1. The van der Waals surface area contributed by atoms with Gasteiger partial charge >= 0.3 is 0 Å². The summed E-state index contributed by atoms with van der Waals surface area (Å²) in [4.78, 5) is 0. The van der Waals surface area contributed by atoms with E-state index in [9.17, 15) is 15.8 Å². The van der Waals surface area contributed by atoms with Crippen LogP contribution in [0.25, 0.3) is 0 Å². The second-order valence-electron chi connectivity index (χ2n) is 8.78. The fraction of sp³-hybridized carbons (Fsp3) is 0.321. The summed E-state index contributed by atoms with van der Waals surface area (Å²) in [7, 11) is 1.60. The molecule has 0 amide bonds. The van der Waals surface area contributed by atoms with Gasteiger partial charge in [0.15, 0.2) is 5.41 Å². The summed E-state index contributed by atoms with van der Waals surface area (Å²) in [6.45, 7) is 2.28. The maximum Gasteiger partial charge on any atom is 0.191 e. The Kier molecular flexibility index (Phi) is 6.31. The Labute approximate surface area is 200 Å². The number of allylic oxidation sites excluding steroid dienone is 4. The summed E-state index contributed by atoms with van der Waals surface area (Å²) >= 11 is 0. The van der Waals surface area contributed by atoms with Gasteiger partial charge in [-0.05, 0) is 67.5 Å². The first-order chi connectivity index (χ1) is 16.5. The fourth-order valence-corrected chi connectivity index (χ4v) is 5.15. The topological polar surface area (TPSA) is 116 Å². The number of rotatable bonds is 5. The lowest BCUT2D eigenvalue weighted by Gasteiger charge is -2.43. The molecular formula is C28H26N4O2. The van der Waals surface area contributed by atoms with Gasteiger partial charge in [0.2, 0.25) is 0 Å². The lowest BCUT2D eigenvalue weighted by Crippen LogP contribution is -2.42. The van der Waals surface area contributed by atoms with E-state index in [1.807, 2.05) is 55.5 Å². The number of hydrogen-bond acceptors (Lipinski definition) is 6. The van der Waals surface area contributed by atoms with Crippen molar-refractivity contribution < 1.29 is 9.47 Å². The van der Waals surface area contributed by atoms with Crippen LogP contribution in [-0.2, 0) is 6.61 Å². The largest absolute Gasteiger partial charge is 0.496 e. The number of nitrogens with zero attached hydrogens (tertiary/aromatic N) is 3. The Balaban J connectivity index is 1.80. The van der Waals surface area contributed by atoms with E-state index in [-0.39, 0.29) is 23.8 Å². The first kappa shape index (κ1) is 23.0. The van der Waals surface area contributed by atoms with Crippen molar-refractivity contribution in [2.24, 2.45) is 17.1 Å². The van der Waals surface area contributed by atoms with Gasteiger partial charge in [0.1, 0.15) is 24.2 Å². The van der Waals surface area contributed by atoms with Crippen molar-refractivity contribution in [3.05, 3.63) is 82.1 Å². The fourth-order valence-electron chi connectivity index (χ4n) is 5.15. The summed E-state index contributed by atoms with van der Waals surface area (Å²) in [6.07, 6.45) is 4.59. The van der Waals surface area contributed by atoms with Crippen molar-refractivity contribution in [2.75, 3.05) is 7.11 Å². The van der Waals surface area contributed by atoms with Crippen LogP contribution in [0.2, 0.25) is 0 Å². The van der Waals surface area contributed by atoms with Gasteiger partial charge in [-0.15, -0.1) is 0 Å². The monoisotopic (exact) mass is 450 g/mol. The average Bonchev–Trinajstić information content (AvgIpc) is 2.87. The molecule has 0 spiro atoms. The van der Waals surface area contributed by atoms with Gasteiger partial charge in [-0.25, -0.2) is 0 Å². The van der Waals surface area contributed by atoms with Gasteiger partial charge in [-0.1, -0.05) is 29.8 Å². The SMILES string of the molecule is COc1ccc(C2C3CCCC=C3C(C#N)=C(N)C2(C#N)C#N)cc1COc1ccc(C)cc1. The molecule has 4 rings (SSSR count). The zero-order valence-corrected chi connectivity index (χ0v) is 19.3. The van der Waals surface area contributed by atoms with Crippen LogP contribution >= 0.6 is 0 Å². The highest BCUT2D eigenvalue weighted by Crippen LogP contribution is 2.56. The summed E-state index contributed by atoms with van der Waals surface area (Å²) in [5, 5.41) is 30.3. The first-order valence-electron chi connectivity index (χ1n) is 11.3. The van der Waals surface area contributed by atoms with E-state index in [0.29, 0.717) is 5.75 Å². The smallest absolute Gasteiger partial charge is 0.191 e. The Morgan fingerprint density at radius 2 is 1.82 bits per heavy atom. The summed E-state index contributed by atoms with van der Waals surface area (Å²) in [5.74, 6) is 0.749. The minimum atomic E-state index is -1.63. The minimum absolute atomic E-state index is 0.0441. The van der Waals surface area contributed by atoms with Crippen LogP contribution in [0.15, 0.2) is 65.4 Å². The highest BCUT2D eigenvalue weighted by atomic mass is 16.5. The van der Waals surface area contributed by atoms with Gasteiger partial charge in [-0.2, -0.15) is 15.8 Å². The Morgan fingerprint density at radius 3 is 2.47 bits per heavy atom. The van der Waals surface area contributed by atoms with Crippen molar-refractivity contribution in [2.45, 2.75) is 38.7 Å². The molecule has 6 nitrogen and oxygen atoms in total. The molecule has 2 aliphatic carbocycles. The maximum atomic E-state index is 10.2. The van der Waals surface area contributed by atoms with Crippen molar-refractivity contribution in [1.29, 1.82) is 15.8 Å². The highest BCUT2D eigenvalue weighted by molar-refractivity contribution is 5.59. The molecule has 34 heavy (non-hydrogen) atoms. The molecule has 6 heteroatoms. The molecule has 0 fully saturated rings. The van der Waals surface area contributed by atoms with Crippen LogP contribution in [0.4, 0.5) is 0 Å². The van der Waals surface area contributed by atoms with Crippen LogP contribution in [-0.4, -0.2) is 7.11 Å². The van der Waals surface area contributed by atoms with Crippen LogP contribution in [0, 0.1) is 52.2 Å². The molecule has 0 aliphatic heterocycles. The molecule has 2 atom stereocenters. The molecule has 2 aromatic carbocycles. The Bertz CT molecular complexity index is 1270. The summed E-state index contributed by atoms with van der Waals surface area (Å²) < 4.78 is 11.6. The molecule has 0 heterocycles. The predicted molar refractivity (Wildman–Crippen MR) is 127 cm³/mol. The van der Waals surface area contributed by atoms with E-state index in [4.69, 9.17) is 15.2 Å².